The molecule has 2 aromatic rings. The van der Waals surface area contributed by atoms with Gasteiger partial charge >= 0.3 is 6.18 Å². The molecule has 0 saturated carbocycles. The van der Waals surface area contributed by atoms with Gasteiger partial charge in [-0.1, -0.05) is 0 Å². The van der Waals surface area contributed by atoms with Crippen LogP contribution in [0.15, 0.2) is 18.5 Å². The lowest BCUT2D eigenvalue weighted by atomic mass is 10.3. The predicted octanol–water partition coefficient (Wildman–Crippen LogP) is 1.49. The molecule has 8 nitrogen and oxygen atoms in total. The van der Waals surface area contributed by atoms with Crippen LogP contribution >= 0.6 is 0 Å². The normalized spacial score (nSPS) is 10.9. The van der Waals surface area contributed by atoms with Gasteiger partial charge in [-0.15, -0.1) is 10.2 Å². The maximum Gasteiger partial charge on any atom is 0.437 e. The van der Waals surface area contributed by atoms with Gasteiger partial charge in [0.05, 0.1) is 24.7 Å². The highest BCUT2D eigenvalue weighted by atomic mass is 19.4. The van der Waals surface area contributed by atoms with Crippen molar-refractivity contribution in [2.24, 2.45) is 0 Å². The highest BCUT2D eigenvalue weighted by Gasteiger charge is 2.36. The molecule has 0 saturated heterocycles. The van der Waals surface area contributed by atoms with E-state index >= 15 is 0 Å². The summed E-state index contributed by atoms with van der Waals surface area (Å²) in [5, 5.41) is 23.2. The molecule has 0 aliphatic carbocycles. The maximum absolute atomic E-state index is 12.9. The van der Waals surface area contributed by atoms with Crippen molar-refractivity contribution in [3.8, 4) is 6.07 Å². The van der Waals surface area contributed by atoms with Gasteiger partial charge in [-0.3, -0.25) is 0 Å². The standard InChI is InChI=1S/C12H11F3N8/c1-17-6-20-8-2-9(22-23-11(8)12(13,14)15)21-10-5-18-7(3-16)4-19-10/h2,4-5,17H,6H2,1H3,(H2,19,20,21,22). The van der Waals surface area contributed by atoms with Crippen molar-refractivity contribution in [2.75, 3.05) is 24.3 Å². The zero-order valence-corrected chi connectivity index (χ0v) is 11.8. The van der Waals surface area contributed by atoms with Gasteiger partial charge in [0, 0.05) is 6.07 Å². The van der Waals surface area contributed by atoms with Crippen LogP contribution in [0.25, 0.3) is 0 Å². The molecule has 0 aliphatic heterocycles. The lowest BCUT2D eigenvalue weighted by molar-refractivity contribution is -0.141. The molecule has 0 aromatic carbocycles. The van der Waals surface area contributed by atoms with Crippen LogP contribution in [0.5, 0.6) is 0 Å². The fraction of sp³-hybridized carbons (Fsp3) is 0.250. The Hall–Kier alpha value is -3.00. The molecule has 0 atom stereocenters. The molecule has 0 spiro atoms. The van der Waals surface area contributed by atoms with Crippen LogP contribution < -0.4 is 16.0 Å². The lowest BCUT2D eigenvalue weighted by Crippen LogP contribution is -2.21. The second-order valence-corrected chi connectivity index (χ2v) is 4.22. The van der Waals surface area contributed by atoms with Crippen molar-refractivity contribution in [3.05, 3.63) is 29.8 Å². The van der Waals surface area contributed by atoms with Crippen molar-refractivity contribution < 1.29 is 13.2 Å². The molecule has 0 bridgehead atoms. The Morgan fingerprint density at radius 1 is 1.17 bits per heavy atom. The van der Waals surface area contributed by atoms with E-state index < -0.39 is 11.9 Å². The highest BCUT2D eigenvalue weighted by molar-refractivity contribution is 5.59. The second kappa shape index (κ2) is 6.84. The summed E-state index contributed by atoms with van der Waals surface area (Å²) in [5.74, 6) is 0.272. The Morgan fingerprint density at radius 2 is 1.96 bits per heavy atom. The van der Waals surface area contributed by atoms with Gasteiger partial charge in [-0.05, 0) is 7.05 Å². The molecule has 2 heterocycles. The van der Waals surface area contributed by atoms with Crippen LogP contribution in [0.1, 0.15) is 11.4 Å². The zero-order valence-electron chi connectivity index (χ0n) is 11.8. The highest BCUT2D eigenvalue weighted by Crippen LogP contribution is 2.33. The molecule has 11 heteroatoms. The minimum atomic E-state index is -4.63. The minimum Gasteiger partial charge on any atom is -0.371 e. The van der Waals surface area contributed by atoms with Crippen LogP contribution in [-0.4, -0.2) is 33.9 Å². The lowest BCUT2D eigenvalue weighted by Gasteiger charge is -2.14. The summed E-state index contributed by atoms with van der Waals surface area (Å²) in [6.07, 6.45) is -2.14. The van der Waals surface area contributed by atoms with E-state index in [0.717, 1.165) is 6.07 Å². The fourth-order valence-electron chi connectivity index (χ4n) is 1.56. The number of aromatic nitrogens is 4. The van der Waals surface area contributed by atoms with E-state index in [2.05, 4.69) is 36.1 Å². The van der Waals surface area contributed by atoms with Crippen LogP contribution in [0.3, 0.4) is 0 Å². The number of alkyl halides is 3. The summed E-state index contributed by atoms with van der Waals surface area (Å²) in [7, 11) is 1.58. The van der Waals surface area contributed by atoms with Crippen molar-refractivity contribution in [3.63, 3.8) is 0 Å². The fourth-order valence-corrected chi connectivity index (χ4v) is 1.56. The maximum atomic E-state index is 12.9. The largest absolute Gasteiger partial charge is 0.437 e. The quantitative estimate of drug-likeness (QED) is 0.709. The molecule has 23 heavy (non-hydrogen) atoms. The first-order chi connectivity index (χ1) is 10.9. The number of rotatable bonds is 5. The Morgan fingerprint density at radius 3 is 2.52 bits per heavy atom. The van der Waals surface area contributed by atoms with E-state index in [0.29, 0.717) is 0 Å². The molecule has 2 aromatic heterocycles. The van der Waals surface area contributed by atoms with E-state index in [9.17, 15) is 13.2 Å². The minimum absolute atomic E-state index is 0.0515. The van der Waals surface area contributed by atoms with Crippen LogP contribution in [0, 0.1) is 11.3 Å². The van der Waals surface area contributed by atoms with E-state index in [1.165, 1.54) is 12.4 Å². The van der Waals surface area contributed by atoms with Crippen molar-refractivity contribution in [2.45, 2.75) is 6.18 Å². The summed E-state index contributed by atoms with van der Waals surface area (Å²) in [6, 6.07) is 2.96. The van der Waals surface area contributed by atoms with E-state index in [1.54, 1.807) is 13.1 Å². The Bertz CT molecular complexity index is 708. The van der Waals surface area contributed by atoms with Gasteiger partial charge in [-0.25, -0.2) is 9.97 Å². The number of hydrogen-bond acceptors (Lipinski definition) is 8. The number of hydrogen-bond donors (Lipinski definition) is 3. The molecule has 0 amide bonds. The third-order valence-electron chi connectivity index (χ3n) is 2.54. The van der Waals surface area contributed by atoms with Gasteiger partial charge < -0.3 is 16.0 Å². The average Bonchev–Trinajstić information content (AvgIpc) is 2.52. The van der Waals surface area contributed by atoms with Crippen molar-refractivity contribution >= 4 is 17.3 Å². The first-order valence-corrected chi connectivity index (χ1v) is 6.26. The van der Waals surface area contributed by atoms with Gasteiger partial charge in [0.25, 0.3) is 0 Å². The van der Waals surface area contributed by atoms with Gasteiger partial charge in [0.1, 0.15) is 11.9 Å². The molecule has 0 radical (unpaired) electrons. The van der Waals surface area contributed by atoms with Crippen molar-refractivity contribution in [1.29, 1.82) is 5.26 Å². The molecular weight excluding hydrogens is 313 g/mol. The molecule has 3 N–H and O–H groups in total. The summed E-state index contributed by atoms with van der Waals surface area (Å²) in [4.78, 5) is 7.67. The summed E-state index contributed by atoms with van der Waals surface area (Å²) < 4.78 is 38.6. The van der Waals surface area contributed by atoms with Crippen molar-refractivity contribution in [1.82, 2.24) is 25.5 Å². The van der Waals surface area contributed by atoms with E-state index in [-0.39, 0.29) is 29.7 Å². The molecule has 0 fully saturated rings. The third-order valence-corrected chi connectivity index (χ3v) is 2.54. The second-order valence-electron chi connectivity index (χ2n) is 4.22. The first-order valence-electron chi connectivity index (χ1n) is 6.26. The Balaban J connectivity index is 2.26. The molecule has 120 valence electrons. The predicted molar refractivity (Wildman–Crippen MR) is 74.6 cm³/mol. The zero-order chi connectivity index (χ0) is 16.9. The number of nitrogens with one attached hydrogen (secondary N) is 3. The number of halogens is 3. The third kappa shape index (κ3) is 4.24. The van der Waals surface area contributed by atoms with Crippen LogP contribution in [-0.2, 0) is 6.18 Å². The smallest absolute Gasteiger partial charge is 0.371 e. The topological polar surface area (TPSA) is 111 Å². The summed E-state index contributed by atoms with van der Waals surface area (Å²) in [5.41, 5.74) is -1.24. The van der Waals surface area contributed by atoms with Gasteiger partial charge in [-0.2, -0.15) is 18.4 Å². The molecule has 2 rings (SSSR count). The summed E-state index contributed by atoms with van der Waals surface area (Å²) >= 11 is 0. The number of nitriles is 1. The molecular formula is C12H11F3N8. The van der Waals surface area contributed by atoms with Gasteiger partial charge in [0.2, 0.25) is 0 Å². The Kier molecular flexibility index (Phi) is 4.87. The monoisotopic (exact) mass is 324 g/mol. The molecule has 0 unspecified atom stereocenters. The summed E-state index contributed by atoms with van der Waals surface area (Å²) in [6.45, 7) is 0.116. The first kappa shape index (κ1) is 16.4. The number of nitrogens with zero attached hydrogens (tertiary/aromatic N) is 5. The van der Waals surface area contributed by atoms with Gasteiger partial charge in [0.15, 0.2) is 17.2 Å². The average molecular weight is 324 g/mol. The molecule has 0 aliphatic rings. The Labute approximate surface area is 128 Å². The SMILES string of the molecule is CNCNc1cc(Nc2cnc(C#N)cn2)nnc1C(F)(F)F. The van der Waals surface area contributed by atoms with E-state index in [1.807, 2.05) is 0 Å². The van der Waals surface area contributed by atoms with Crippen LogP contribution in [0.2, 0.25) is 0 Å². The number of anilines is 3. The van der Waals surface area contributed by atoms with Crippen LogP contribution in [0.4, 0.5) is 30.5 Å². The van der Waals surface area contributed by atoms with E-state index in [4.69, 9.17) is 5.26 Å².